The molecule has 1 N–H and O–H groups in total. The number of amides is 1. The fraction of sp³-hybridized carbons (Fsp3) is 0.235. The first-order valence-electron chi connectivity index (χ1n) is 7.23. The lowest BCUT2D eigenvalue weighted by atomic mass is 10.3. The van der Waals surface area contributed by atoms with Gasteiger partial charge in [0.1, 0.15) is 18.1 Å². The Labute approximate surface area is 143 Å². The maximum absolute atomic E-state index is 13.1. The van der Waals surface area contributed by atoms with Crippen LogP contribution in [0.1, 0.15) is 6.92 Å². The molecule has 0 spiro atoms. The molecule has 0 bridgehead atoms. The van der Waals surface area contributed by atoms with Gasteiger partial charge in [0.2, 0.25) is 0 Å². The molecule has 0 aliphatic rings. The minimum absolute atomic E-state index is 0.0777. The molecule has 0 aliphatic heterocycles. The molecule has 2 aromatic carbocycles. The lowest BCUT2D eigenvalue weighted by molar-refractivity contribution is -0.127. The van der Waals surface area contributed by atoms with Gasteiger partial charge >= 0.3 is 0 Å². The molecule has 1 unspecified atom stereocenters. The summed E-state index contributed by atoms with van der Waals surface area (Å²) in [6.45, 7) is 2.05. The molecule has 0 saturated carbocycles. The van der Waals surface area contributed by atoms with Crippen LogP contribution in [0, 0.1) is 11.6 Å². The van der Waals surface area contributed by atoms with Crippen LogP contribution in [0.4, 0.5) is 8.78 Å². The summed E-state index contributed by atoms with van der Waals surface area (Å²) in [6, 6.07) is 9.93. The van der Waals surface area contributed by atoms with Gasteiger partial charge < -0.3 is 14.8 Å². The molecule has 0 radical (unpaired) electrons. The molecule has 0 heterocycles. The Balaban J connectivity index is 1.73. The van der Waals surface area contributed by atoms with E-state index in [1.165, 1.54) is 13.0 Å². The highest BCUT2D eigenvalue weighted by molar-refractivity contribution is 6.30. The van der Waals surface area contributed by atoms with Crippen molar-refractivity contribution in [1.29, 1.82) is 0 Å². The van der Waals surface area contributed by atoms with Crippen molar-refractivity contribution in [2.75, 3.05) is 13.2 Å². The fourth-order valence-corrected chi connectivity index (χ4v) is 1.95. The second kappa shape index (κ2) is 8.49. The van der Waals surface area contributed by atoms with Crippen LogP contribution in [0.15, 0.2) is 42.5 Å². The normalized spacial score (nSPS) is 11.7. The van der Waals surface area contributed by atoms with Crippen LogP contribution < -0.4 is 14.8 Å². The number of halogens is 3. The third kappa shape index (κ3) is 5.38. The van der Waals surface area contributed by atoms with Crippen LogP contribution in [-0.2, 0) is 4.79 Å². The largest absolute Gasteiger partial charge is 0.492 e. The molecule has 24 heavy (non-hydrogen) atoms. The predicted molar refractivity (Wildman–Crippen MR) is 86.4 cm³/mol. The number of ether oxygens (including phenoxy) is 2. The van der Waals surface area contributed by atoms with E-state index in [1.807, 2.05) is 0 Å². The second-order valence-corrected chi connectivity index (χ2v) is 5.37. The summed E-state index contributed by atoms with van der Waals surface area (Å²) in [4.78, 5) is 11.9. The van der Waals surface area contributed by atoms with Crippen molar-refractivity contribution in [1.82, 2.24) is 5.32 Å². The Hall–Kier alpha value is -2.34. The summed E-state index contributed by atoms with van der Waals surface area (Å²) in [5.41, 5.74) is 0. The average Bonchev–Trinajstić information content (AvgIpc) is 2.56. The SMILES string of the molecule is CC(Oc1ccc(F)c(F)c1)C(=O)NCCOc1ccc(Cl)cc1. The summed E-state index contributed by atoms with van der Waals surface area (Å²) in [6.07, 6.45) is -0.856. The van der Waals surface area contributed by atoms with Crippen LogP contribution in [0.3, 0.4) is 0 Å². The third-order valence-corrected chi connectivity index (χ3v) is 3.31. The van der Waals surface area contributed by atoms with E-state index < -0.39 is 17.7 Å². The highest BCUT2D eigenvalue weighted by Crippen LogP contribution is 2.17. The first-order chi connectivity index (χ1) is 11.5. The van der Waals surface area contributed by atoms with E-state index in [-0.39, 0.29) is 24.8 Å². The van der Waals surface area contributed by atoms with E-state index in [4.69, 9.17) is 21.1 Å². The molecule has 1 amide bonds. The highest BCUT2D eigenvalue weighted by atomic mass is 35.5. The zero-order chi connectivity index (χ0) is 17.5. The van der Waals surface area contributed by atoms with Crippen molar-refractivity contribution in [3.63, 3.8) is 0 Å². The monoisotopic (exact) mass is 355 g/mol. The van der Waals surface area contributed by atoms with Crippen molar-refractivity contribution in [3.05, 3.63) is 59.1 Å². The standard InChI is InChI=1S/C17H16ClF2NO3/c1-11(24-14-6-7-15(19)16(20)10-14)17(22)21-8-9-23-13-4-2-12(18)3-5-13/h2-7,10-11H,8-9H2,1H3,(H,21,22). The maximum atomic E-state index is 13.1. The number of carbonyl (C=O) groups excluding carboxylic acids is 1. The van der Waals surface area contributed by atoms with Crippen molar-refractivity contribution in [2.45, 2.75) is 13.0 Å². The summed E-state index contributed by atoms with van der Waals surface area (Å²) in [5, 5.41) is 3.24. The highest BCUT2D eigenvalue weighted by Gasteiger charge is 2.15. The van der Waals surface area contributed by atoms with Gasteiger partial charge in [-0.25, -0.2) is 8.78 Å². The molecule has 0 fully saturated rings. The zero-order valence-corrected chi connectivity index (χ0v) is 13.6. The molecular formula is C17H16ClF2NO3. The van der Waals surface area contributed by atoms with Gasteiger partial charge in [-0.15, -0.1) is 0 Å². The van der Waals surface area contributed by atoms with Gasteiger partial charge in [0.05, 0.1) is 6.54 Å². The van der Waals surface area contributed by atoms with E-state index in [0.717, 1.165) is 12.1 Å². The summed E-state index contributed by atoms with van der Waals surface area (Å²) in [5.74, 6) is -1.68. The number of rotatable bonds is 7. The van der Waals surface area contributed by atoms with Gasteiger partial charge in [0, 0.05) is 11.1 Å². The van der Waals surface area contributed by atoms with E-state index >= 15 is 0 Å². The number of hydrogen-bond donors (Lipinski definition) is 1. The molecule has 4 nitrogen and oxygen atoms in total. The van der Waals surface area contributed by atoms with Gasteiger partial charge in [0.25, 0.3) is 5.91 Å². The van der Waals surface area contributed by atoms with E-state index in [1.54, 1.807) is 24.3 Å². The molecule has 0 saturated heterocycles. The summed E-state index contributed by atoms with van der Waals surface area (Å²) >= 11 is 5.76. The Kier molecular flexibility index (Phi) is 6.37. The minimum atomic E-state index is -1.03. The van der Waals surface area contributed by atoms with E-state index in [9.17, 15) is 13.6 Å². The number of benzene rings is 2. The first kappa shape index (κ1) is 18.0. The average molecular weight is 356 g/mol. The number of nitrogens with one attached hydrogen (secondary N) is 1. The molecule has 7 heteroatoms. The Morgan fingerprint density at radius 1 is 1.12 bits per heavy atom. The molecule has 128 valence electrons. The quantitative estimate of drug-likeness (QED) is 0.772. The van der Waals surface area contributed by atoms with Gasteiger partial charge in [0.15, 0.2) is 17.7 Å². The third-order valence-electron chi connectivity index (χ3n) is 3.06. The van der Waals surface area contributed by atoms with Gasteiger partial charge in [-0.3, -0.25) is 4.79 Å². The second-order valence-electron chi connectivity index (χ2n) is 4.93. The number of hydrogen-bond acceptors (Lipinski definition) is 3. The van der Waals surface area contributed by atoms with Crippen molar-refractivity contribution < 1.29 is 23.0 Å². The summed E-state index contributed by atoms with van der Waals surface area (Å²) < 4.78 is 36.6. The maximum Gasteiger partial charge on any atom is 0.260 e. The topological polar surface area (TPSA) is 47.6 Å². The predicted octanol–water partition coefficient (Wildman–Crippen LogP) is 3.58. The van der Waals surface area contributed by atoms with Gasteiger partial charge in [-0.1, -0.05) is 11.6 Å². The smallest absolute Gasteiger partial charge is 0.260 e. The Morgan fingerprint density at radius 2 is 1.79 bits per heavy atom. The number of carbonyl (C=O) groups is 1. The molecule has 2 aromatic rings. The lowest BCUT2D eigenvalue weighted by Crippen LogP contribution is -2.38. The fourth-order valence-electron chi connectivity index (χ4n) is 1.83. The Bertz CT molecular complexity index is 695. The minimum Gasteiger partial charge on any atom is -0.492 e. The van der Waals surface area contributed by atoms with Crippen LogP contribution in [0.25, 0.3) is 0 Å². The molecule has 0 aliphatic carbocycles. The van der Waals surface area contributed by atoms with Crippen LogP contribution in [-0.4, -0.2) is 25.2 Å². The zero-order valence-electron chi connectivity index (χ0n) is 12.9. The molecule has 0 aromatic heterocycles. The molecule has 1 atom stereocenters. The van der Waals surface area contributed by atoms with Crippen molar-refractivity contribution in [3.8, 4) is 11.5 Å². The van der Waals surface area contributed by atoms with Crippen LogP contribution >= 0.6 is 11.6 Å². The van der Waals surface area contributed by atoms with Gasteiger partial charge in [-0.05, 0) is 43.3 Å². The summed E-state index contributed by atoms with van der Waals surface area (Å²) in [7, 11) is 0. The lowest BCUT2D eigenvalue weighted by Gasteiger charge is -2.15. The van der Waals surface area contributed by atoms with Crippen molar-refractivity contribution >= 4 is 17.5 Å². The van der Waals surface area contributed by atoms with Crippen LogP contribution in [0.2, 0.25) is 5.02 Å². The van der Waals surface area contributed by atoms with E-state index in [0.29, 0.717) is 10.8 Å². The first-order valence-corrected chi connectivity index (χ1v) is 7.61. The van der Waals surface area contributed by atoms with E-state index in [2.05, 4.69) is 5.32 Å². The van der Waals surface area contributed by atoms with Crippen LogP contribution in [0.5, 0.6) is 11.5 Å². The molecule has 2 rings (SSSR count). The molecular weight excluding hydrogens is 340 g/mol. The Morgan fingerprint density at radius 3 is 2.46 bits per heavy atom. The van der Waals surface area contributed by atoms with Crippen molar-refractivity contribution in [2.24, 2.45) is 0 Å². The van der Waals surface area contributed by atoms with Gasteiger partial charge in [-0.2, -0.15) is 0 Å².